The number of nitrogens with zero attached hydrogens (tertiary/aromatic N) is 3. The van der Waals surface area contributed by atoms with Crippen molar-refractivity contribution in [3.05, 3.63) is 36.6 Å². The summed E-state index contributed by atoms with van der Waals surface area (Å²) in [6.45, 7) is 15.5. The first kappa shape index (κ1) is 23.5. The standard InChI is InChI=1S/C24H32IN3OS2/c1-14(2)10-18-11-20-21(17(5)16(18)4)26-24(19-13-30-23(25)22(19)31-20)28-8-6-27(7-9-28)12-15(3)29/h11,13-15,29H,6-10,12H2,1-5H3. The van der Waals surface area contributed by atoms with Gasteiger partial charge in [-0.2, -0.15) is 0 Å². The summed E-state index contributed by atoms with van der Waals surface area (Å²) < 4.78 is 1.34. The highest BCUT2D eigenvalue weighted by atomic mass is 127. The van der Waals surface area contributed by atoms with Crippen molar-refractivity contribution in [2.45, 2.75) is 56.9 Å². The fourth-order valence-corrected chi connectivity index (χ4v) is 7.48. The van der Waals surface area contributed by atoms with E-state index < -0.39 is 0 Å². The topological polar surface area (TPSA) is 39.1 Å². The Labute approximate surface area is 208 Å². The van der Waals surface area contributed by atoms with Crippen LogP contribution in [0.1, 0.15) is 43.0 Å². The molecule has 0 aliphatic carbocycles. The van der Waals surface area contributed by atoms with Gasteiger partial charge in [-0.3, -0.25) is 4.90 Å². The summed E-state index contributed by atoms with van der Waals surface area (Å²) in [5.74, 6) is 1.76. The Balaban J connectivity index is 1.74. The zero-order chi connectivity index (χ0) is 22.3. The van der Waals surface area contributed by atoms with Crippen molar-refractivity contribution < 1.29 is 5.11 Å². The lowest BCUT2D eigenvalue weighted by Gasteiger charge is -2.37. The van der Waals surface area contributed by atoms with Crippen LogP contribution in [0.15, 0.2) is 26.2 Å². The number of benzene rings is 1. The number of hydrogen-bond donors (Lipinski definition) is 1. The fourth-order valence-electron chi connectivity index (χ4n) is 4.41. The van der Waals surface area contributed by atoms with E-state index in [-0.39, 0.29) is 6.10 Å². The molecule has 0 spiro atoms. The number of aliphatic hydroxyl groups is 1. The van der Waals surface area contributed by atoms with Crippen LogP contribution in [0.2, 0.25) is 0 Å². The molecule has 1 unspecified atom stereocenters. The maximum atomic E-state index is 9.75. The molecule has 31 heavy (non-hydrogen) atoms. The van der Waals surface area contributed by atoms with Crippen LogP contribution >= 0.6 is 45.7 Å². The Morgan fingerprint density at radius 3 is 2.48 bits per heavy atom. The van der Waals surface area contributed by atoms with Crippen molar-refractivity contribution in [1.29, 1.82) is 0 Å². The van der Waals surface area contributed by atoms with E-state index in [1.807, 2.05) is 30.0 Å². The van der Waals surface area contributed by atoms with Crippen LogP contribution in [-0.2, 0) is 6.42 Å². The first-order chi connectivity index (χ1) is 14.7. The fraction of sp³-hybridized carbons (Fsp3) is 0.542. The second-order valence-electron chi connectivity index (χ2n) is 9.16. The number of piperazine rings is 1. The van der Waals surface area contributed by atoms with Crippen LogP contribution in [0, 0.1) is 22.6 Å². The molecule has 2 aromatic rings. The SMILES string of the molecule is Cc1c(CC(C)C)cc2c(c1C)N=C(N1CCN(CC(C)O)CC1)c1csc(I)c1S2. The van der Waals surface area contributed by atoms with Crippen molar-refractivity contribution in [1.82, 2.24) is 9.80 Å². The van der Waals surface area contributed by atoms with Gasteiger partial charge in [-0.25, -0.2) is 4.99 Å². The van der Waals surface area contributed by atoms with Gasteiger partial charge in [0.05, 0.1) is 14.7 Å². The molecule has 0 amide bonds. The maximum Gasteiger partial charge on any atom is 0.138 e. The minimum Gasteiger partial charge on any atom is -0.392 e. The normalized spacial score (nSPS) is 17.9. The van der Waals surface area contributed by atoms with E-state index in [2.05, 4.69) is 71.5 Å². The molecule has 168 valence electrons. The van der Waals surface area contributed by atoms with Crippen molar-refractivity contribution in [2.24, 2.45) is 10.9 Å². The number of rotatable bonds is 4. The lowest BCUT2D eigenvalue weighted by Crippen LogP contribution is -2.50. The zero-order valence-corrected chi connectivity index (χ0v) is 22.8. The van der Waals surface area contributed by atoms with Crippen molar-refractivity contribution >= 4 is 57.2 Å². The third-order valence-electron chi connectivity index (χ3n) is 6.13. The Bertz CT molecular complexity index is 991. The van der Waals surface area contributed by atoms with Gasteiger partial charge in [-0.1, -0.05) is 25.6 Å². The molecule has 1 N–H and O–H groups in total. The van der Waals surface area contributed by atoms with Gasteiger partial charge in [0.15, 0.2) is 0 Å². The summed E-state index contributed by atoms with van der Waals surface area (Å²) in [5, 5.41) is 12.0. The number of amidine groups is 1. The van der Waals surface area contributed by atoms with Gasteiger partial charge in [0.2, 0.25) is 0 Å². The number of β-amino-alcohol motifs (C(OH)–C–C–N with tert-alkyl or cyclic N) is 1. The van der Waals surface area contributed by atoms with Crippen LogP contribution in [0.3, 0.4) is 0 Å². The molecular formula is C24H32IN3OS2. The van der Waals surface area contributed by atoms with E-state index in [0.29, 0.717) is 5.92 Å². The lowest BCUT2D eigenvalue weighted by molar-refractivity contribution is 0.101. The minimum absolute atomic E-state index is 0.277. The largest absolute Gasteiger partial charge is 0.392 e. The number of thiophene rings is 1. The third kappa shape index (κ3) is 5.00. The highest BCUT2D eigenvalue weighted by molar-refractivity contribution is 14.1. The molecular weight excluding hydrogens is 537 g/mol. The number of aliphatic imine (C=N–C) groups is 1. The van der Waals surface area contributed by atoms with Gasteiger partial charge in [0.25, 0.3) is 0 Å². The van der Waals surface area contributed by atoms with Gasteiger partial charge < -0.3 is 10.0 Å². The third-order valence-corrected chi connectivity index (χ3v) is 9.86. The molecule has 1 atom stereocenters. The van der Waals surface area contributed by atoms with Gasteiger partial charge in [-0.15, -0.1) is 11.3 Å². The molecule has 2 aliphatic rings. The van der Waals surface area contributed by atoms with Crippen LogP contribution < -0.4 is 0 Å². The predicted octanol–water partition coefficient (Wildman–Crippen LogP) is 5.71. The van der Waals surface area contributed by atoms with E-state index >= 15 is 0 Å². The van der Waals surface area contributed by atoms with Gasteiger partial charge in [0, 0.05) is 53.5 Å². The van der Waals surface area contributed by atoms with Crippen LogP contribution in [-0.4, -0.2) is 59.6 Å². The van der Waals surface area contributed by atoms with E-state index in [1.165, 1.54) is 34.9 Å². The Hall–Kier alpha value is -0.610. The van der Waals surface area contributed by atoms with Gasteiger partial charge in [0.1, 0.15) is 5.84 Å². The van der Waals surface area contributed by atoms with Crippen molar-refractivity contribution in [3.8, 4) is 0 Å². The Morgan fingerprint density at radius 1 is 1.13 bits per heavy atom. The van der Waals surface area contributed by atoms with Crippen LogP contribution in [0.25, 0.3) is 0 Å². The molecule has 1 fully saturated rings. The number of fused-ring (bicyclic) bond motifs is 2. The van der Waals surface area contributed by atoms with E-state index in [4.69, 9.17) is 4.99 Å². The molecule has 7 heteroatoms. The second-order valence-corrected chi connectivity index (χ2v) is 12.9. The predicted molar refractivity (Wildman–Crippen MR) is 142 cm³/mol. The summed E-state index contributed by atoms with van der Waals surface area (Å²) in [6.07, 6.45) is 0.830. The molecule has 0 saturated carbocycles. The van der Waals surface area contributed by atoms with Gasteiger partial charge in [-0.05, 0) is 78.5 Å². The quantitative estimate of drug-likeness (QED) is 0.479. The molecule has 0 bridgehead atoms. The number of hydrogen-bond acceptors (Lipinski definition) is 6. The van der Waals surface area contributed by atoms with Crippen LogP contribution in [0.5, 0.6) is 0 Å². The molecule has 1 aromatic heterocycles. The highest BCUT2D eigenvalue weighted by Crippen LogP contribution is 2.47. The minimum atomic E-state index is -0.277. The van der Waals surface area contributed by atoms with E-state index in [0.717, 1.165) is 50.7 Å². The molecule has 2 aliphatic heterocycles. The Kier molecular flexibility index (Phi) is 7.38. The monoisotopic (exact) mass is 569 g/mol. The van der Waals surface area contributed by atoms with E-state index in [1.54, 1.807) is 0 Å². The summed E-state index contributed by atoms with van der Waals surface area (Å²) >= 11 is 6.20. The second kappa shape index (κ2) is 9.71. The smallest absolute Gasteiger partial charge is 0.138 e. The average molecular weight is 570 g/mol. The molecule has 1 aromatic carbocycles. The summed E-state index contributed by atoms with van der Waals surface area (Å²) in [6, 6.07) is 2.40. The lowest BCUT2D eigenvalue weighted by atomic mass is 9.95. The highest BCUT2D eigenvalue weighted by Gasteiger charge is 2.29. The molecule has 0 radical (unpaired) electrons. The summed E-state index contributed by atoms with van der Waals surface area (Å²) in [4.78, 5) is 12.8. The Morgan fingerprint density at radius 2 is 1.84 bits per heavy atom. The summed E-state index contributed by atoms with van der Waals surface area (Å²) in [7, 11) is 0. The number of aliphatic hydroxyl groups excluding tert-OH is 1. The van der Waals surface area contributed by atoms with Crippen molar-refractivity contribution in [3.63, 3.8) is 0 Å². The average Bonchev–Trinajstić information content (AvgIpc) is 2.97. The zero-order valence-electron chi connectivity index (χ0n) is 19.0. The molecule has 4 rings (SSSR count). The first-order valence-electron chi connectivity index (χ1n) is 11.1. The summed E-state index contributed by atoms with van der Waals surface area (Å²) in [5.41, 5.74) is 6.58. The van der Waals surface area contributed by atoms with Crippen molar-refractivity contribution in [2.75, 3.05) is 32.7 Å². The first-order valence-corrected chi connectivity index (χ1v) is 13.8. The molecule has 3 heterocycles. The maximum absolute atomic E-state index is 9.75. The van der Waals surface area contributed by atoms with E-state index in [9.17, 15) is 5.11 Å². The molecule has 1 saturated heterocycles. The number of halogens is 1. The van der Waals surface area contributed by atoms with Crippen LogP contribution in [0.4, 0.5) is 5.69 Å². The van der Waals surface area contributed by atoms with Gasteiger partial charge >= 0.3 is 0 Å². The molecule has 4 nitrogen and oxygen atoms in total.